The summed E-state index contributed by atoms with van der Waals surface area (Å²) in [4.78, 5) is 5.82. The molecule has 1 aromatic rings. The Kier molecular flexibility index (Phi) is 4.82. The molecule has 88 valence electrons. The molecule has 16 heavy (non-hydrogen) atoms. The summed E-state index contributed by atoms with van der Waals surface area (Å²) in [6.45, 7) is 8.61. The van der Waals surface area contributed by atoms with E-state index in [9.17, 15) is 0 Å². The standard InChI is InChI=1S/C12H18N2S2/c1-5-15-8-10-14-11(12(2,3)4)9(16-10)6-7-13/h5-6,8H2,1-4H3. The van der Waals surface area contributed by atoms with Gasteiger partial charge in [-0.05, 0) is 5.75 Å². The molecule has 0 aliphatic carbocycles. The SMILES string of the molecule is CCSCc1nc(C(C)(C)C)c(CC#N)s1. The number of hydrogen-bond acceptors (Lipinski definition) is 4. The van der Waals surface area contributed by atoms with Crippen molar-refractivity contribution in [3.05, 3.63) is 15.6 Å². The summed E-state index contributed by atoms with van der Waals surface area (Å²) in [6, 6.07) is 2.23. The van der Waals surface area contributed by atoms with Gasteiger partial charge >= 0.3 is 0 Å². The molecule has 0 unspecified atom stereocenters. The largest absolute Gasteiger partial charge is 0.244 e. The van der Waals surface area contributed by atoms with Crippen molar-refractivity contribution in [3.63, 3.8) is 0 Å². The van der Waals surface area contributed by atoms with Gasteiger partial charge in [0.2, 0.25) is 0 Å². The second kappa shape index (κ2) is 5.70. The average Bonchev–Trinajstić information content (AvgIpc) is 2.58. The van der Waals surface area contributed by atoms with Crippen LogP contribution in [0.4, 0.5) is 0 Å². The van der Waals surface area contributed by atoms with Gasteiger partial charge in [-0.2, -0.15) is 17.0 Å². The number of hydrogen-bond donors (Lipinski definition) is 0. The van der Waals surface area contributed by atoms with Gasteiger partial charge in [0.1, 0.15) is 5.01 Å². The minimum Gasteiger partial charge on any atom is -0.244 e. The van der Waals surface area contributed by atoms with Crippen molar-refractivity contribution in [2.24, 2.45) is 0 Å². The Hall–Kier alpha value is -0.530. The van der Waals surface area contributed by atoms with E-state index in [0.29, 0.717) is 6.42 Å². The maximum absolute atomic E-state index is 8.82. The Morgan fingerprint density at radius 3 is 2.62 bits per heavy atom. The Morgan fingerprint density at radius 1 is 1.44 bits per heavy atom. The van der Waals surface area contributed by atoms with Gasteiger partial charge in [0.25, 0.3) is 0 Å². The van der Waals surface area contributed by atoms with Crippen LogP contribution in [0.2, 0.25) is 0 Å². The Bertz CT molecular complexity index is 383. The highest BCUT2D eigenvalue weighted by molar-refractivity contribution is 7.98. The van der Waals surface area contributed by atoms with E-state index in [1.165, 1.54) is 0 Å². The van der Waals surface area contributed by atoms with E-state index in [4.69, 9.17) is 5.26 Å². The van der Waals surface area contributed by atoms with E-state index >= 15 is 0 Å². The minimum absolute atomic E-state index is 0.0395. The number of nitriles is 1. The fourth-order valence-electron chi connectivity index (χ4n) is 1.43. The van der Waals surface area contributed by atoms with Crippen molar-refractivity contribution in [3.8, 4) is 6.07 Å². The Morgan fingerprint density at radius 2 is 2.12 bits per heavy atom. The molecule has 0 saturated carbocycles. The van der Waals surface area contributed by atoms with Crippen molar-refractivity contribution in [1.29, 1.82) is 5.26 Å². The highest BCUT2D eigenvalue weighted by Gasteiger charge is 2.22. The zero-order valence-electron chi connectivity index (χ0n) is 10.3. The molecule has 0 bridgehead atoms. The van der Waals surface area contributed by atoms with E-state index < -0.39 is 0 Å². The fourth-order valence-corrected chi connectivity index (χ4v) is 3.36. The topological polar surface area (TPSA) is 36.7 Å². The maximum Gasteiger partial charge on any atom is 0.103 e. The highest BCUT2D eigenvalue weighted by Crippen LogP contribution is 2.31. The summed E-state index contributed by atoms with van der Waals surface area (Å²) < 4.78 is 0. The smallest absolute Gasteiger partial charge is 0.103 e. The van der Waals surface area contributed by atoms with Gasteiger partial charge in [0, 0.05) is 16.0 Å². The Labute approximate surface area is 106 Å². The zero-order valence-corrected chi connectivity index (χ0v) is 12.0. The number of thioether (sulfide) groups is 1. The molecule has 0 aliphatic rings. The van der Waals surface area contributed by atoms with Crippen LogP contribution in [0.5, 0.6) is 0 Å². The molecule has 2 nitrogen and oxygen atoms in total. The van der Waals surface area contributed by atoms with Crippen molar-refractivity contribution >= 4 is 23.1 Å². The predicted octanol–water partition coefficient (Wildman–Crippen LogP) is 3.76. The van der Waals surface area contributed by atoms with Crippen molar-refractivity contribution in [2.45, 2.75) is 45.3 Å². The first-order chi connectivity index (χ1) is 7.49. The molecule has 0 N–H and O–H groups in total. The van der Waals surface area contributed by atoms with Crippen LogP contribution < -0.4 is 0 Å². The van der Waals surface area contributed by atoms with Gasteiger partial charge in [-0.3, -0.25) is 0 Å². The first-order valence-corrected chi connectivity index (χ1v) is 7.40. The molecule has 4 heteroatoms. The lowest BCUT2D eigenvalue weighted by Crippen LogP contribution is -2.14. The number of rotatable bonds is 4. The van der Waals surface area contributed by atoms with Crippen molar-refractivity contribution < 1.29 is 0 Å². The second-order valence-corrected chi connectivity index (χ2v) is 7.04. The fraction of sp³-hybridized carbons (Fsp3) is 0.667. The third kappa shape index (κ3) is 3.50. The van der Waals surface area contributed by atoms with Crippen LogP contribution in [-0.4, -0.2) is 10.7 Å². The molecule has 0 spiro atoms. The van der Waals surface area contributed by atoms with E-state index in [2.05, 4.69) is 38.7 Å². The lowest BCUT2D eigenvalue weighted by Gasteiger charge is -2.16. The zero-order chi connectivity index (χ0) is 12.2. The van der Waals surface area contributed by atoms with Crippen LogP contribution in [0, 0.1) is 11.3 Å². The van der Waals surface area contributed by atoms with E-state index in [0.717, 1.165) is 27.1 Å². The molecular weight excluding hydrogens is 236 g/mol. The first-order valence-electron chi connectivity index (χ1n) is 5.42. The van der Waals surface area contributed by atoms with Crippen LogP contribution in [0.1, 0.15) is 43.3 Å². The van der Waals surface area contributed by atoms with Crippen molar-refractivity contribution in [2.75, 3.05) is 5.75 Å². The third-order valence-electron chi connectivity index (χ3n) is 2.12. The summed E-state index contributed by atoms with van der Waals surface area (Å²) in [5, 5.41) is 9.97. The minimum atomic E-state index is 0.0395. The first kappa shape index (κ1) is 13.5. The number of nitrogens with zero attached hydrogens (tertiary/aromatic N) is 2. The van der Waals surface area contributed by atoms with Gasteiger partial charge in [0.05, 0.1) is 18.2 Å². The number of aromatic nitrogens is 1. The second-order valence-electron chi connectivity index (χ2n) is 4.60. The molecule has 0 amide bonds. The molecular formula is C12H18N2S2. The molecule has 0 aromatic carbocycles. The molecule has 0 radical (unpaired) electrons. The van der Waals surface area contributed by atoms with E-state index in [1.807, 2.05) is 11.8 Å². The van der Waals surface area contributed by atoms with Crippen LogP contribution in [0.15, 0.2) is 0 Å². The molecule has 1 aromatic heterocycles. The van der Waals surface area contributed by atoms with Crippen LogP contribution >= 0.6 is 23.1 Å². The van der Waals surface area contributed by atoms with E-state index in [1.54, 1.807) is 11.3 Å². The Balaban J connectivity index is 2.97. The van der Waals surface area contributed by atoms with E-state index in [-0.39, 0.29) is 5.41 Å². The van der Waals surface area contributed by atoms with Crippen LogP contribution in [0.3, 0.4) is 0 Å². The molecule has 1 rings (SSSR count). The monoisotopic (exact) mass is 254 g/mol. The summed E-state index contributed by atoms with van der Waals surface area (Å²) >= 11 is 3.57. The summed E-state index contributed by atoms with van der Waals surface area (Å²) in [7, 11) is 0. The normalized spacial score (nSPS) is 11.4. The lowest BCUT2D eigenvalue weighted by atomic mass is 9.91. The quantitative estimate of drug-likeness (QED) is 0.821. The molecule has 1 heterocycles. The van der Waals surface area contributed by atoms with Gasteiger partial charge in [-0.15, -0.1) is 11.3 Å². The molecule has 0 atom stereocenters. The van der Waals surface area contributed by atoms with Gasteiger partial charge in [-0.1, -0.05) is 27.7 Å². The highest BCUT2D eigenvalue weighted by atomic mass is 32.2. The maximum atomic E-state index is 8.82. The van der Waals surface area contributed by atoms with Gasteiger partial charge in [-0.25, -0.2) is 4.98 Å². The molecule has 0 saturated heterocycles. The predicted molar refractivity (Wildman–Crippen MR) is 72.0 cm³/mol. The van der Waals surface area contributed by atoms with Crippen molar-refractivity contribution in [1.82, 2.24) is 4.98 Å². The average molecular weight is 254 g/mol. The molecule has 0 fully saturated rings. The van der Waals surface area contributed by atoms with Gasteiger partial charge in [0.15, 0.2) is 0 Å². The van der Waals surface area contributed by atoms with Crippen LogP contribution in [-0.2, 0) is 17.6 Å². The molecule has 0 aliphatic heterocycles. The van der Waals surface area contributed by atoms with Gasteiger partial charge < -0.3 is 0 Å². The van der Waals surface area contributed by atoms with Crippen LogP contribution in [0.25, 0.3) is 0 Å². The third-order valence-corrected chi connectivity index (χ3v) is 4.25. The summed E-state index contributed by atoms with van der Waals surface area (Å²) in [6.07, 6.45) is 0.487. The number of thiazole rings is 1. The lowest BCUT2D eigenvalue weighted by molar-refractivity contribution is 0.567. The summed E-state index contributed by atoms with van der Waals surface area (Å²) in [5.41, 5.74) is 1.14. The summed E-state index contributed by atoms with van der Waals surface area (Å²) in [5.74, 6) is 2.08.